The van der Waals surface area contributed by atoms with Crippen molar-refractivity contribution in [3.63, 3.8) is 0 Å². The lowest BCUT2D eigenvalue weighted by Crippen LogP contribution is -2.34. The number of hydrogen-bond acceptors (Lipinski definition) is 9. The van der Waals surface area contributed by atoms with Crippen LogP contribution in [0.15, 0.2) is 77.6 Å². The van der Waals surface area contributed by atoms with Crippen molar-refractivity contribution in [2.75, 3.05) is 17.7 Å². The van der Waals surface area contributed by atoms with Crippen molar-refractivity contribution in [2.45, 2.75) is 68.7 Å². The van der Waals surface area contributed by atoms with Crippen LogP contribution in [0.5, 0.6) is 5.75 Å². The first-order chi connectivity index (χ1) is 27.7. The van der Waals surface area contributed by atoms with E-state index in [0.717, 1.165) is 31.9 Å². The lowest BCUT2D eigenvalue weighted by atomic mass is 10.00. The van der Waals surface area contributed by atoms with Crippen LogP contribution < -0.4 is 20.3 Å². The number of hydrogen-bond donors (Lipinski definition) is 1. The highest BCUT2D eigenvalue weighted by Crippen LogP contribution is 2.42. The molecule has 1 aliphatic rings. The molecular formula is C40H39ClF4N6O6S2. The summed E-state index contributed by atoms with van der Waals surface area (Å²) >= 11 is 6.85. The normalized spacial score (nSPS) is 14.4. The Hall–Kier alpha value is -5.04. The maximum Gasteiger partial charge on any atom is 0.266 e. The van der Waals surface area contributed by atoms with Gasteiger partial charge in [0.2, 0.25) is 10.0 Å². The summed E-state index contributed by atoms with van der Waals surface area (Å²) in [6.07, 6.45) is -1.48. The van der Waals surface area contributed by atoms with Gasteiger partial charge in [-0.15, -0.1) is 0 Å². The number of sulfone groups is 1. The van der Waals surface area contributed by atoms with Crippen molar-refractivity contribution in [2.24, 2.45) is 5.73 Å². The fourth-order valence-corrected chi connectivity index (χ4v) is 9.52. The van der Waals surface area contributed by atoms with E-state index in [1.807, 2.05) is 0 Å². The largest absolute Gasteiger partial charge is 0.497 e. The van der Waals surface area contributed by atoms with Crippen LogP contribution in [-0.2, 0) is 44.1 Å². The highest BCUT2D eigenvalue weighted by molar-refractivity contribution is 7.93. The van der Waals surface area contributed by atoms with Crippen LogP contribution in [-0.4, -0.2) is 61.2 Å². The summed E-state index contributed by atoms with van der Waals surface area (Å²) in [5.74, 6) is -1.70. The molecular weight excluding hydrogens is 836 g/mol. The minimum atomic E-state index is -4.15. The lowest BCUT2D eigenvalue weighted by molar-refractivity contribution is 0.123. The third-order valence-corrected chi connectivity index (χ3v) is 15.2. The molecule has 0 radical (unpaired) electrons. The Bertz CT molecular complexity index is 2880. The molecule has 0 amide bonds. The number of sulfonamides is 1. The zero-order valence-electron chi connectivity index (χ0n) is 32.2. The fraction of sp³-hybridized carbons (Fsp3) is 0.325. The Morgan fingerprint density at radius 1 is 0.966 bits per heavy atom. The van der Waals surface area contributed by atoms with E-state index in [-0.39, 0.29) is 62.7 Å². The van der Waals surface area contributed by atoms with Crippen molar-refractivity contribution < 1.29 is 39.1 Å². The molecule has 0 bridgehead atoms. The lowest BCUT2D eigenvalue weighted by Gasteiger charge is -2.24. The molecule has 1 fully saturated rings. The number of fused-ring (bicyclic) bond motifs is 2. The molecule has 1 atom stereocenters. The molecule has 7 rings (SSSR count). The van der Waals surface area contributed by atoms with E-state index in [1.54, 1.807) is 24.3 Å². The molecule has 12 nitrogen and oxygen atoms in total. The maximum absolute atomic E-state index is 14.8. The van der Waals surface area contributed by atoms with Crippen LogP contribution in [0.1, 0.15) is 55.2 Å². The van der Waals surface area contributed by atoms with Crippen molar-refractivity contribution in [3.05, 3.63) is 122 Å². The van der Waals surface area contributed by atoms with Gasteiger partial charge in [0.05, 0.1) is 62.2 Å². The average Bonchev–Trinajstić information content (AvgIpc) is 3.96. The Balaban J connectivity index is 1.52. The summed E-state index contributed by atoms with van der Waals surface area (Å²) in [7, 11) is -6.35. The summed E-state index contributed by atoms with van der Waals surface area (Å²) in [5.41, 5.74) is 6.67. The molecule has 0 aliphatic heterocycles. The predicted octanol–water partition coefficient (Wildman–Crippen LogP) is 6.96. The minimum Gasteiger partial charge on any atom is -0.497 e. The summed E-state index contributed by atoms with van der Waals surface area (Å²) in [4.78, 5) is 19.6. The minimum absolute atomic E-state index is 0.0218. The van der Waals surface area contributed by atoms with Gasteiger partial charge in [-0.05, 0) is 98.3 Å². The maximum atomic E-state index is 14.8. The standard InChI is InChI=1S/C40H39ClF4N6O6S2/c1-40(2,58(4,53)54)24-7-12-29-32(18-24)47-37(31(46)17-23-15-25(42)19-26(43)16-23)51(39(29)52)33-14-13-30(41)35-36(33)49(21-34(44)45)48-38(35)50(59(55,56)28-10-11-28)20-22-5-8-27(57-3)9-6-22/h5-9,12-16,18-19,28,31,34H,10-11,17,20-21,46H2,1-4H3/t31-/m0/s1. The number of nitrogens with two attached hydrogens (primary N) is 1. The van der Waals surface area contributed by atoms with Gasteiger partial charge in [0.25, 0.3) is 12.0 Å². The molecule has 2 heterocycles. The number of anilines is 1. The van der Waals surface area contributed by atoms with E-state index in [9.17, 15) is 39.2 Å². The van der Waals surface area contributed by atoms with Gasteiger partial charge in [-0.1, -0.05) is 29.8 Å². The predicted molar refractivity (Wildman–Crippen MR) is 218 cm³/mol. The topological polar surface area (TPSA) is 159 Å². The second kappa shape index (κ2) is 15.5. The summed E-state index contributed by atoms with van der Waals surface area (Å²) < 4.78 is 118. The summed E-state index contributed by atoms with van der Waals surface area (Å²) in [6, 6.07) is 15.1. The second-order valence-electron chi connectivity index (χ2n) is 15.0. The Morgan fingerprint density at radius 2 is 1.63 bits per heavy atom. The average molecular weight is 875 g/mol. The molecule has 1 aliphatic carbocycles. The smallest absolute Gasteiger partial charge is 0.266 e. The Kier molecular flexibility index (Phi) is 11.1. The number of nitrogens with zero attached hydrogens (tertiary/aromatic N) is 5. The number of benzene rings is 4. The number of alkyl halides is 2. The van der Waals surface area contributed by atoms with Crippen LogP contribution in [0.4, 0.5) is 23.4 Å². The van der Waals surface area contributed by atoms with Crippen molar-refractivity contribution >= 4 is 59.1 Å². The van der Waals surface area contributed by atoms with E-state index in [1.165, 1.54) is 51.3 Å². The quantitative estimate of drug-likeness (QED) is 0.114. The Labute approximate surface area is 342 Å². The van der Waals surface area contributed by atoms with Gasteiger partial charge in [-0.25, -0.2) is 43.7 Å². The number of ether oxygens (including phenoxy) is 1. The van der Waals surface area contributed by atoms with Crippen molar-refractivity contribution in [3.8, 4) is 11.4 Å². The summed E-state index contributed by atoms with van der Waals surface area (Å²) in [6.45, 7) is 1.67. The Morgan fingerprint density at radius 3 is 2.22 bits per heavy atom. The third kappa shape index (κ3) is 8.02. The van der Waals surface area contributed by atoms with E-state index >= 15 is 0 Å². The number of aromatic nitrogens is 4. The van der Waals surface area contributed by atoms with Gasteiger partial charge in [0, 0.05) is 12.3 Å². The second-order valence-corrected chi connectivity index (χ2v) is 20.1. The molecule has 0 spiro atoms. The van der Waals surface area contributed by atoms with Gasteiger partial charge < -0.3 is 10.5 Å². The van der Waals surface area contributed by atoms with Crippen LogP contribution in [0.2, 0.25) is 5.02 Å². The van der Waals surface area contributed by atoms with Crippen molar-refractivity contribution in [1.82, 2.24) is 19.3 Å². The fourth-order valence-electron chi connectivity index (χ4n) is 6.94. The first-order valence-electron chi connectivity index (χ1n) is 18.3. The molecule has 0 unspecified atom stereocenters. The number of methoxy groups -OCH3 is 1. The molecule has 1 saturated carbocycles. The molecule has 0 saturated heterocycles. The third-order valence-electron chi connectivity index (χ3n) is 10.6. The molecule has 2 aromatic heterocycles. The van der Waals surface area contributed by atoms with E-state index in [4.69, 9.17) is 27.1 Å². The molecule has 2 N–H and O–H groups in total. The highest BCUT2D eigenvalue weighted by Gasteiger charge is 2.42. The number of halogens is 5. The zero-order chi connectivity index (χ0) is 42.8. The van der Waals surface area contributed by atoms with Crippen LogP contribution in [0.3, 0.4) is 0 Å². The van der Waals surface area contributed by atoms with Gasteiger partial charge >= 0.3 is 0 Å². The van der Waals surface area contributed by atoms with Crippen LogP contribution in [0.25, 0.3) is 27.5 Å². The van der Waals surface area contributed by atoms with E-state index < -0.39 is 66.1 Å². The van der Waals surface area contributed by atoms with E-state index in [0.29, 0.717) is 35.8 Å². The van der Waals surface area contributed by atoms with Crippen LogP contribution >= 0.6 is 11.6 Å². The van der Waals surface area contributed by atoms with Gasteiger partial charge in [0.1, 0.15) is 29.8 Å². The van der Waals surface area contributed by atoms with Gasteiger partial charge in [0.15, 0.2) is 15.7 Å². The summed E-state index contributed by atoms with van der Waals surface area (Å²) in [5, 5.41) is 3.55. The molecule has 6 aromatic rings. The molecule has 4 aromatic carbocycles. The van der Waals surface area contributed by atoms with Gasteiger partial charge in [-0.2, -0.15) is 5.10 Å². The monoisotopic (exact) mass is 874 g/mol. The molecule has 312 valence electrons. The first-order valence-corrected chi connectivity index (χ1v) is 22.1. The van der Waals surface area contributed by atoms with Gasteiger partial charge in [-0.3, -0.25) is 14.0 Å². The number of rotatable bonds is 14. The first kappa shape index (κ1) is 42.1. The van der Waals surface area contributed by atoms with E-state index in [2.05, 4.69) is 5.10 Å². The van der Waals surface area contributed by atoms with Crippen LogP contribution in [0, 0.1) is 11.6 Å². The highest BCUT2D eigenvalue weighted by atomic mass is 35.5. The molecule has 59 heavy (non-hydrogen) atoms. The molecule has 19 heteroatoms. The SMILES string of the molecule is COc1ccc(CN(c2nn(CC(F)F)c3c(-n4c([C@@H](N)Cc5cc(F)cc(F)c5)nc5cc(C(C)(C)S(C)(=O)=O)ccc5c4=O)ccc(Cl)c23)S(=O)(=O)C2CC2)cc1. The van der Waals surface area contributed by atoms with Crippen molar-refractivity contribution in [1.29, 1.82) is 0 Å². The zero-order valence-corrected chi connectivity index (χ0v) is 34.6.